The molecule has 0 bridgehead atoms. The molecular weight excluding hydrogens is 244 g/mol. The van der Waals surface area contributed by atoms with Gasteiger partial charge in [-0.15, -0.1) is 0 Å². The second kappa shape index (κ2) is 5.45. The highest BCUT2D eigenvalue weighted by atomic mass is 32.2. The number of nitrogens with zero attached hydrogens (tertiary/aromatic N) is 3. The Bertz CT molecular complexity index is 390. The van der Waals surface area contributed by atoms with Gasteiger partial charge >= 0.3 is 0 Å². The quantitative estimate of drug-likeness (QED) is 0.896. The maximum absolute atomic E-state index is 4.55. The van der Waals surface area contributed by atoms with Crippen LogP contribution in [0.4, 0.5) is 5.82 Å². The fraction of sp³-hybridized carbons (Fsp3) is 0.692. The molecule has 2 fully saturated rings. The lowest BCUT2D eigenvalue weighted by molar-refractivity contribution is 0.670. The number of nitrogens with one attached hydrogen (secondary N) is 1. The van der Waals surface area contributed by atoms with Crippen LogP contribution in [0.2, 0.25) is 0 Å². The van der Waals surface area contributed by atoms with E-state index in [9.17, 15) is 0 Å². The first-order valence-electron chi connectivity index (χ1n) is 6.72. The molecule has 18 heavy (non-hydrogen) atoms. The molecule has 2 aliphatic rings. The molecule has 4 nitrogen and oxygen atoms in total. The highest BCUT2D eigenvalue weighted by Gasteiger charge is 2.21. The summed E-state index contributed by atoms with van der Waals surface area (Å²) in [5.74, 6) is 2.21. The van der Waals surface area contributed by atoms with E-state index in [0.29, 0.717) is 5.25 Å². The van der Waals surface area contributed by atoms with Crippen LogP contribution in [0.25, 0.3) is 0 Å². The van der Waals surface area contributed by atoms with Crippen molar-refractivity contribution in [1.29, 1.82) is 0 Å². The fourth-order valence-corrected chi connectivity index (χ4v) is 3.18. The Labute approximate surface area is 113 Å². The summed E-state index contributed by atoms with van der Waals surface area (Å²) in [5.41, 5.74) is 1.05. The molecule has 1 aliphatic carbocycles. The fourth-order valence-electron chi connectivity index (χ4n) is 2.17. The second-order valence-corrected chi connectivity index (χ2v) is 6.69. The predicted octanol–water partition coefficient (Wildman–Crippen LogP) is 1.67. The van der Waals surface area contributed by atoms with Crippen LogP contribution in [0.15, 0.2) is 12.4 Å². The Morgan fingerprint density at radius 2 is 2.28 bits per heavy atom. The molecule has 2 heterocycles. The molecule has 0 spiro atoms. The normalized spacial score (nSPS) is 24.3. The summed E-state index contributed by atoms with van der Waals surface area (Å²) in [6.07, 6.45) is 6.47. The number of hydrogen-bond donors (Lipinski definition) is 1. The molecule has 1 saturated carbocycles. The third-order valence-electron chi connectivity index (χ3n) is 3.41. The summed E-state index contributed by atoms with van der Waals surface area (Å²) in [6, 6.07) is 0.728. The average molecular weight is 264 g/mol. The van der Waals surface area contributed by atoms with Gasteiger partial charge in [-0.1, -0.05) is 6.92 Å². The van der Waals surface area contributed by atoms with Crippen LogP contribution in [0.5, 0.6) is 0 Å². The Hall–Kier alpha value is -0.810. The van der Waals surface area contributed by atoms with E-state index in [1.807, 2.05) is 24.2 Å². The summed E-state index contributed by atoms with van der Waals surface area (Å²) in [4.78, 5) is 11.4. The van der Waals surface area contributed by atoms with Crippen LogP contribution in [0.3, 0.4) is 0 Å². The van der Waals surface area contributed by atoms with Gasteiger partial charge in [0.25, 0.3) is 0 Å². The number of rotatable bonds is 4. The summed E-state index contributed by atoms with van der Waals surface area (Å²) in [7, 11) is 0. The van der Waals surface area contributed by atoms with Crippen LogP contribution in [0, 0.1) is 0 Å². The monoisotopic (exact) mass is 264 g/mol. The predicted molar refractivity (Wildman–Crippen MR) is 76.0 cm³/mol. The molecule has 98 valence electrons. The average Bonchev–Trinajstić information content (AvgIpc) is 3.21. The van der Waals surface area contributed by atoms with Crippen molar-refractivity contribution in [2.45, 2.75) is 37.6 Å². The van der Waals surface area contributed by atoms with E-state index in [4.69, 9.17) is 0 Å². The topological polar surface area (TPSA) is 41.1 Å². The number of anilines is 1. The molecule has 3 rings (SSSR count). The van der Waals surface area contributed by atoms with Gasteiger partial charge in [0.05, 0.1) is 18.1 Å². The molecule has 1 atom stereocenters. The smallest absolute Gasteiger partial charge is 0.147 e. The molecular formula is C13H20N4S. The molecule has 1 aliphatic heterocycles. The van der Waals surface area contributed by atoms with Crippen LogP contribution < -0.4 is 10.2 Å². The van der Waals surface area contributed by atoms with Gasteiger partial charge in [-0.3, -0.25) is 4.98 Å². The zero-order valence-electron chi connectivity index (χ0n) is 10.8. The zero-order valence-corrected chi connectivity index (χ0v) is 11.6. The summed E-state index contributed by atoms with van der Waals surface area (Å²) in [6.45, 7) is 5.30. The molecule has 0 aromatic carbocycles. The van der Waals surface area contributed by atoms with E-state index in [2.05, 4.69) is 27.1 Å². The Kier molecular flexibility index (Phi) is 3.70. The molecule has 1 unspecified atom stereocenters. The minimum atomic E-state index is 0.691. The Morgan fingerprint density at radius 3 is 2.94 bits per heavy atom. The molecule has 1 aromatic rings. The van der Waals surface area contributed by atoms with E-state index >= 15 is 0 Å². The summed E-state index contributed by atoms with van der Waals surface area (Å²) >= 11 is 2.04. The van der Waals surface area contributed by atoms with Crippen molar-refractivity contribution < 1.29 is 0 Å². The third kappa shape index (κ3) is 3.14. The molecule has 0 radical (unpaired) electrons. The van der Waals surface area contributed by atoms with Crippen molar-refractivity contribution >= 4 is 17.6 Å². The third-order valence-corrected chi connectivity index (χ3v) is 4.54. The largest absolute Gasteiger partial charge is 0.353 e. The number of hydrogen-bond acceptors (Lipinski definition) is 5. The van der Waals surface area contributed by atoms with E-state index in [1.165, 1.54) is 18.6 Å². The molecule has 1 saturated heterocycles. The summed E-state index contributed by atoms with van der Waals surface area (Å²) < 4.78 is 0. The van der Waals surface area contributed by atoms with Crippen molar-refractivity contribution in [1.82, 2.24) is 15.3 Å². The second-order valence-electron chi connectivity index (χ2n) is 5.15. The van der Waals surface area contributed by atoms with Gasteiger partial charge < -0.3 is 10.2 Å². The van der Waals surface area contributed by atoms with Crippen LogP contribution in [0.1, 0.15) is 25.5 Å². The SMILES string of the molecule is CC1CN(c2cnc(CNC3CC3)cn2)CCS1. The molecule has 1 aromatic heterocycles. The highest BCUT2D eigenvalue weighted by Crippen LogP contribution is 2.22. The van der Waals surface area contributed by atoms with E-state index in [1.54, 1.807) is 0 Å². The maximum Gasteiger partial charge on any atom is 0.147 e. The van der Waals surface area contributed by atoms with Gasteiger partial charge in [-0.2, -0.15) is 11.8 Å². The summed E-state index contributed by atoms with van der Waals surface area (Å²) in [5, 5.41) is 4.15. The first-order valence-corrected chi connectivity index (χ1v) is 7.77. The van der Waals surface area contributed by atoms with Crippen LogP contribution in [-0.4, -0.2) is 40.1 Å². The van der Waals surface area contributed by atoms with Crippen molar-refractivity contribution in [3.8, 4) is 0 Å². The van der Waals surface area contributed by atoms with Crippen LogP contribution in [-0.2, 0) is 6.54 Å². The van der Waals surface area contributed by atoms with Crippen molar-refractivity contribution in [2.75, 3.05) is 23.7 Å². The van der Waals surface area contributed by atoms with Crippen molar-refractivity contribution in [2.24, 2.45) is 0 Å². The highest BCUT2D eigenvalue weighted by molar-refractivity contribution is 8.00. The zero-order chi connectivity index (χ0) is 12.4. The van der Waals surface area contributed by atoms with Gasteiger partial charge in [0.2, 0.25) is 0 Å². The minimum Gasteiger partial charge on any atom is -0.353 e. The van der Waals surface area contributed by atoms with E-state index in [-0.39, 0.29) is 0 Å². The van der Waals surface area contributed by atoms with E-state index < -0.39 is 0 Å². The number of thioether (sulfide) groups is 1. The standard InChI is InChI=1S/C13H20N4S/c1-10-9-17(4-5-18-10)13-8-15-12(7-16-13)6-14-11-2-3-11/h7-8,10-11,14H,2-6,9H2,1H3. The first kappa shape index (κ1) is 12.2. The lowest BCUT2D eigenvalue weighted by Gasteiger charge is -2.31. The van der Waals surface area contributed by atoms with Gasteiger partial charge in [0, 0.05) is 36.7 Å². The first-order chi connectivity index (χ1) is 8.81. The lowest BCUT2D eigenvalue weighted by atomic mass is 10.3. The Morgan fingerprint density at radius 1 is 1.39 bits per heavy atom. The molecule has 1 N–H and O–H groups in total. The molecule has 0 amide bonds. The minimum absolute atomic E-state index is 0.691. The molecule has 5 heteroatoms. The van der Waals surface area contributed by atoms with Gasteiger partial charge in [0.15, 0.2) is 0 Å². The van der Waals surface area contributed by atoms with Crippen LogP contribution >= 0.6 is 11.8 Å². The van der Waals surface area contributed by atoms with E-state index in [0.717, 1.165) is 37.2 Å². The van der Waals surface area contributed by atoms with Crippen molar-refractivity contribution in [3.63, 3.8) is 0 Å². The maximum atomic E-state index is 4.55. The van der Waals surface area contributed by atoms with Crippen molar-refractivity contribution in [3.05, 3.63) is 18.1 Å². The van der Waals surface area contributed by atoms with Gasteiger partial charge in [0.1, 0.15) is 5.82 Å². The Balaban J connectivity index is 1.58. The van der Waals surface area contributed by atoms with Gasteiger partial charge in [-0.05, 0) is 12.8 Å². The number of aromatic nitrogens is 2. The lowest BCUT2D eigenvalue weighted by Crippen LogP contribution is -2.37. The van der Waals surface area contributed by atoms with Gasteiger partial charge in [-0.25, -0.2) is 4.98 Å².